The Morgan fingerprint density at radius 1 is 1.60 bits per heavy atom. The standard InChI is InChI=1S/C14H22N4O2/c1-9(2)13-16-7-11(12(17-13)14(19)20)15-6-10-4-5-18(3)8-10/h7,9-10,15H,4-6,8H2,1-3H3,(H,19,20). The highest BCUT2D eigenvalue weighted by atomic mass is 16.4. The van der Waals surface area contributed by atoms with Gasteiger partial charge in [-0.25, -0.2) is 14.8 Å². The van der Waals surface area contributed by atoms with Crippen molar-refractivity contribution < 1.29 is 9.90 Å². The smallest absolute Gasteiger partial charge is 0.356 e. The van der Waals surface area contributed by atoms with Crippen LogP contribution in [0.4, 0.5) is 5.69 Å². The Bertz CT molecular complexity index is 490. The molecular formula is C14H22N4O2. The second-order valence-corrected chi connectivity index (χ2v) is 5.75. The quantitative estimate of drug-likeness (QED) is 0.853. The van der Waals surface area contributed by atoms with Crippen molar-refractivity contribution in [3.8, 4) is 0 Å². The van der Waals surface area contributed by atoms with Crippen LogP contribution in [0.3, 0.4) is 0 Å². The molecule has 1 aliphatic rings. The van der Waals surface area contributed by atoms with Crippen molar-refractivity contribution in [1.82, 2.24) is 14.9 Å². The number of aromatic carboxylic acids is 1. The molecule has 2 rings (SSSR count). The number of rotatable bonds is 5. The fourth-order valence-electron chi connectivity index (χ4n) is 2.41. The molecule has 0 aromatic carbocycles. The van der Waals surface area contributed by atoms with Crippen molar-refractivity contribution >= 4 is 11.7 Å². The lowest BCUT2D eigenvalue weighted by atomic mass is 10.1. The Morgan fingerprint density at radius 3 is 2.90 bits per heavy atom. The predicted molar refractivity (Wildman–Crippen MR) is 77.2 cm³/mol. The summed E-state index contributed by atoms with van der Waals surface area (Å²) >= 11 is 0. The molecule has 1 saturated heterocycles. The summed E-state index contributed by atoms with van der Waals surface area (Å²) in [5.74, 6) is 0.214. The first kappa shape index (κ1) is 14.7. The second kappa shape index (κ2) is 6.17. The van der Waals surface area contributed by atoms with Gasteiger partial charge in [-0.05, 0) is 25.9 Å². The van der Waals surface area contributed by atoms with Gasteiger partial charge >= 0.3 is 5.97 Å². The molecule has 0 amide bonds. The maximum atomic E-state index is 11.3. The summed E-state index contributed by atoms with van der Waals surface area (Å²) in [5.41, 5.74) is 0.575. The maximum absolute atomic E-state index is 11.3. The van der Waals surface area contributed by atoms with Gasteiger partial charge in [-0.3, -0.25) is 0 Å². The number of carbonyl (C=O) groups is 1. The fraction of sp³-hybridized carbons (Fsp3) is 0.643. The molecule has 6 heteroatoms. The van der Waals surface area contributed by atoms with Crippen LogP contribution in [0.15, 0.2) is 6.20 Å². The lowest BCUT2D eigenvalue weighted by Gasteiger charge is -2.14. The summed E-state index contributed by atoms with van der Waals surface area (Å²) in [6.45, 7) is 6.79. The normalized spacial score (nSPS) is 19.5. The Labute approximate surface area is 119 Å². The maximum Gasteiger partial charge on any atom is 0.356 e. The van der Waals surface area contributed by atoms with Crippen LogP contribution in [-0.2, 0) is 0 Å². The average Bonchev–Trinajstić information content (AvgIpc) is 2.81. The Morgan fingerprint density at radius 2 is 2.35 bits per heavy atom. The van der Waals surface area contributed by atoms with Gasteiger partial charge in [0.1, 0.15) is 5.82 Å². The molecule has 0 bridgehead atoms. The first-order chi connectivity index (χ1) is 9.47. The van der Waals surface area contributed by atoms with E-state index in [1.54, 1.807) is 6.20 Å². The zero-order valence-corrected chi connectivity index (χ0v) is 12.3. The third kappa shape index (κ3) is 3.45. The van der Waals surface area contributed by atoms with Gasteiger partial charge in [-0.2, -0.15) is 0 Å². The number of aromatic nitrogens is 2. The molecule has 110 valence electrons. The number of nitrogens with one attached hydrogen (secondary N) is 1. The van der Waals surface area contributed by atoms with Gasteiger partial charge in [0, 0.05) is 19.0 Å². The van der Waals surface area contributed by atoms with Crippen LogP contribution in [0, 0.1) is 5.92 Å². The van der Waals surface area contributed by atoms with Gasteiger partial charge in [0.2, 0.25) is 0 Å². The lowest BCUT2D eigenvalue weighted by Crippen LogP contribution is -2.20. The highest BCUT2D eigenvalue weighted by Crippen LogP contribution is 2.19. The number of likely N-dealkylation sites (tertiary alicyclic amines) is 1. The molecule has 1 aromatic rings. The third-order valence-corrected chi connectivity index (χ3v) is 3.60. The van der Waals surface area contributed by atoms with Crippen molar-refractivity contribution in [2.75, 3.05) is 32.0 Å². The van der Waals surface area contributed by atoms with Crippen LogP contribution >= 0.6 is 0 Å². The van der Waals surface area contributed by atoms with E-state index in [4.69, 9.17) is 0 Å². The zero-order valence-electron chi connectivity index (χ0n) is 12.3. The van der Waals surface area contributed by atoms with Gasteiger partial charge < -0.3 is 15.3 Å². The Balaban J connectivity index is 2.08. The predicted octanol–water partition coefficient (Wildman–Crippen LogP) is 1.66. The van der Waals surface area contributed by atoms with E-state index in [1.807, 2.05) is 13.8 Å². The molecule has 1 unspecified atom stereocenters. The molecule has 0 radical (unpaired) electrons. The van der Waals surface area contributed by atoms with E-state index in [2.05, 4.69) is 27.2 Å². The van der Waals surface area contributed by atoms with Crippen LogP contribution < -0.4 is 5.32 Å². The van der Waals surface area contributed by atoms with Crippen molar-refractivity contribution in [3.63, 3.8) is 0 Å². The van der Waals surface area contributed by atoms with E-state index in [9.17, 15) is 9.90 Å². The highest BCUT2D eigenvalue weighted by Gasteiger charge is 2.21. The molecule has 1 fully saturated rings. The largest absolute Gasteiger partial charge is 0.476 e. The number of carboxylic acid groups (broad SMARTS) is 1. The van der Waals surface area contributed by atoms with E-state index in [1.165, 1.54) is 0 Å². The van der Waals surface area contributed by atoms with E-state index in [0.717, 1.165) is 26.1 Å². The number of nitrogens with zero attached hydrogens (tertiary/aromatic N) is 3. The van der Waals surface area contributed by atoms with E-state index in [-0.39, 0.29) is 11.6 Å². The molecule has 0 spiro atoms. The number of carboxylic acids is 1. The fourth-order valence-corrected chi connectivity index (χ4v) is 2.41. The SMILES string of the molecule is CC(C)c1ncc(NCC2CCN(C)C2)c(C(=O)O)n1. The van der Waals surface area contributed by atoms with Crippen molar-refractivity contribution in [2.24, 2.45) is 5.92 Å². The van der Waals surface area contributed by atoms with Crippen LogP contribution in [0.25, 0.3) is 0 Å². The summed E-state index contributed by atoms with van der Waals surface area (Å²) < 4.78 is 0. The summed E-state index contributed by atoms with van der Waals surface area (Å²) in [6, 6.07) is 0. The van der Waals surface area contributed by atoms with Crippen molar-refractivity contribution in [1.29, 1.82) is 0 Å². The third-order valence-electron chi connectivity index (χ3n) is 3.60. The number of anilines is 1. The molecule has 0 saturated carbocycles. The molecule has 2 heterocycles. The van der Waals surface area contributed by atoms with Crippen molar-refractivity contribution in [3.05, 3.63) is 17.7 Å². The van der Waals surface area contributed by atoms with Gasteiger partial charge in [0.25, 0.3) is 0 Å². The summed E-state index contributed by atoms with van der Waals surface area (Å²) in [7, 11) is 2.10. The van der Waals surface area contributed by atoms with E-state index < -0.39 is 5.97 Å². The van der Waals surface area contributed by atoms with Gasteiger partial charge in [-0.15, -0.1) is 0 Å². The summed E-state index contributed by atoms with van der Waals surface area (Å²) in [4.78, 5) is 22.0. The Hall–Kier alpha value is -1.69. The van der Waals surface area contributed by atoms with Crippen LogP contribution in [0.1, 0.15) is 42.5 Å². The molecule has 20 heavy (non-hydrogen) atoms. The first-order valence-electron chi connectivity index (χ1n) is 7.00. The minimum atomic E-state index is -1.01. The van der Waals surface area contributed by atoms with Gasteiger partial charge in [0.05, 0.1) is 11.9 Å². The lowest BCUT2D eigenvalue weighted by molar-refractivity contribution is 0.0691. The average molecular weight is 278 g/mol. The second-order valence-electron chi connectivity index (χ2n) is 5.75. The van der Waals surface area contributed by atoms with E-state index in [0.29, 0.717) is 17.4 Å². The molecule has 1 aliphatic heterocycles. The molecule has 2 N–H and O–H groups in total. The molecule has 1 atom stereocenters. The molecule has 6 nitrogen and oxygen atoms in total. The number of hydrogen-bond donors (Lipinski definition) is 2. The van der Waals surface area contributed by atoms with Crippen LogP contribution in [-0.4, -0.2) is 52.6 Å². The van der Waals surface area contributed by atoms with Crippen LogP contribution in [0.2, 0.25) is 0 Å². The minimum Gasteiger partial charge on any atom is -0.476 e. The first-order valence-corrected chi connectivity index (χ1v) is 7.00. The number of hydrogen-bond acceptors (Lipinski definition) is 5. The molecular weight excluding hydrogens is 256 g/mol. The zero-order chi connectivity index (χ0) is 14.7. The summed E-state index contributed by atoms with van der Waals surface area (Å²) in [6.07, 6.45) is 2.72. The van der Waals surface area contributed by atoms with Crippen LogP contribution in [0.5, 0.6) is 0 Å². The van der Waals surface area contributed by atoms with Gasteiger partial charge in [0.15, 0.2) is 5.69 Å². The molecule has 0 aliphatic carbocycles. The Kier molecular flexibility index (Phi) is 4.54. The summed E-state index contributed by atoms with van der Waals surface area (Å²) in [5, 5.41) is 12.5. The highest BCUT2D eigenvalue weighted by molar-refractivity contribution is 5.91. The molecule has 1 aromatic heterocycles. The van der Waals surface area contributed by atoms with Crippen molar-refractivity contribution in [2.45, 2.75) is 26.2 Å². The monoisotopic (exact) mass is 278 g/mol. The van der Waals surface area contributed by atoms with Gasteiger partial charge in [-0.1, -0.05) is 13.8 Å². The topological polar surface area (TPSA) is 78.4 Å². The minimum absolute atomic E-state index is 0.0649. The van der Waals surface area contributed by atoms with E-state index >= 15 is 0 Å².